The lowest BCUT2D eigenvalue weighted by Gasteiger charge is -2.11. The van der Waals surface area contributed by atoms with E-state index in [4.69, 9.17) is 29.6 Å². The summed E-state index contributed by atoms with van der Waals surface area (Å²) in [6.45, 7) is 2.43. The number of hydrogen-bond donors (Lipinski definition) is 2. The molecule has 0 fully saturated rings. The van der Waals surface area contributed by atoms with E-state index >= 15 is 0 Å². The van der Waals surface area contributed by atoms with Crippen LogP contribution in [0.1, 0.15) is 17.0 Å². The van der Waals surface area contributed by atoms with Crippen molar-refractivity contribution in [2.45, 2.75) is 13.5 Å². The fraction of sp³-hybridized carbons (Fsp3) is 0.154. The maximum atomic E-state index is 5.97. The third-order valence-electron chi connectivity index (χ3n) is 2.54. The molecular formula is C13H13ClN4S. The molecule has 6 heteroatoms. The topological polar surface area (TPSA) is 63.8 Å². The molecule has 4 nitrogen and oxygen atoms in total. The smallest absolute Gasteiger partial charge is 0.106 e. The van der Waals surface area contributed by atoms with Crippen LogP contribution < -0.4 is 11.1 Å². The molecule has 0 unspecified atom stereocenters. The molecule has 0 aliphatic heterocycles. The van der Waals surface area contributed by atoms with E-state index in [-0.39, 0.29) is 0 Å². The van der Waals surface area contributed by atoms with E-state index in [1.807, 2.05) is 6.92 Å². The monoisotopic (exact) mass is 292 g/mol. The number of nitrogens with zero attached hydrogens (tertiary/aromatic N) is 2. The number of benzene rings is 1. The summed E-state index contributed by atoms with van der Waals surface area (Å²) in [5, 5.41) is 3.84. The molecule has 0 spiro atoms. The standard InChI is InChI=1S/C13H13ClN4S/c1-8-5-17-10(6-16-8)7-18-12-4-9(14)2-3-11(12)13(15)19/h2-6,18H,7H2,1H3,(H2,15,19). The van der Waals surface area contributed by atoms with Gasteiger partial charge in [0.1, 0.15) is 4.99 Å². The van der Waals surface area contributed by atoms with Gasteiger partial charge in [0.15, 0.2) is 0 Å². The number of nitrogens with two attached hydrogens (primary N) is 1. The summed E-state index contributed by atoms with van der Waals surface area (Å²) in [6, 6.07) is 5.35. The first-order chi connectivity index (χ1) is 9.06. The minimum Gasteiger partial charge on any atom is -0.389 e. The second-order valence-electron chi connectivity index (χ2n) is 4.06. The zero-order valence-electron chi connectivity index (χ0n) is 10.4. The summed E-state index contributed by atoms with van der Waals surface area (Å²) in [6.07, 6.45) is 3.46. The van der Waals surface area contributed by atoms with Gasteiger partial charge in [-0.05, 0) is 25.1 Å². The van der Waals surface area contributed by atoms with Gasteiger partial charge < -0.3 is 11.1 Å². The Morgan fingerprint density at radius 1 is 1.37 bits per heavy atom. The van der Waals surface area contributed by atoms with Crippen molar-refractivity contribution < 1.29 is 0 Å². The summed E-state index contributed by atoms with van der Waals surface area (Å²) in [7, 11) is 0. The van der Waals surface area contributed by atoms with Crippen molar-refractivity contribution >= 4 is 34.5 Å². The van der Waals surface area contributed by atoms with E-state index in [1.165, 1.54) is 0 Å². The van der Waals surface area contributed by atoms with E-state index in [0.29, 0.717) is 16.6 Å². The number of halogens is 1. The van der Waals surface area contributed by atoms with Crippen LogP contribution in [0.3, 0.4) is 0 Å². The lowest BCUT2D eigenvalue weighted by molar-refractivity contribution is 0.984. The highest BCUT2D eigenvalue weighted by Gasteiger charge is 2.06. The first-order valence-electron chi connectivity index (χ1n) is 5.67. The van der Waals surface area contributed by atoms with E-state index in [2.05, 4.69) is 15.3 Å². The van der Waals surface area contributed by atoms with Gasteiger partial charge in [0.05, 0.1) is 24.1 Å². The van der Waals surface area contributed by atoms with Crippen molar-refractivity contribution in [3.05, 3.63) is 52.6 Å². The average molecular weight is 293 g/mol. The van der Waals surface area contributed by atoms with Gasteiger partial charge in [0, 0.05) is 22.5 Å². The van der Waals surface area contributed by atoms with Gasteiger partial charge in [0.25, 0.3) is 0 Å². The number of hydrogen-bond acceptors (Lipinski definition) is 4. The van der Waals surface area contributed by atoms with Crippen molar-refractivity contribution in [1.82, 2.24) is 9.97 Å². The molecule has 0 aliphatic rings. The molecule has 2 aromatic rings. The van der Waals surface area contributed by atoms with Gasteiger partial charge in [-0.15, -0.1) is 0 Å². The molecule has 0 radical (unpaired) electrons. The molecule has 0 saturated carbocycles. The Bertz CT molecular complexity index is 598. The summed E-state index contributed by atoms with van der Waals surface area (Å²) in [5.74, 6) is 0. The first kappa shape index (κ1) is 13.7. The largest absolute Gasteiger partial charge is 0.389 e. The molecule has 1 heterocycles. The minimum absolute atomic E-state index is 0.328. The SMILES string of the molecule is Cc1cnc(CNc2cc(Cl)ccc2C(N)=S)cn1. The maximum absolute atomic E-state index is 5.97. The number of aromatic nitrogens is 2. The zero-order chi connectivity index (χ0) is 13.8. The van der Waals surface area contributed by atoms with Crippen molar-refractivity contribution in [1.29, 1.82) is 0 Å². The number of rotatable bonds is 4. The Morgan fingerprint density at radius 2 is 2.16 bits per heavy atom. The third kappa shape index (κ3) is 3.62. The highest BCUT2D eigenvalue weighted by molar-refractivity contribution is 7.80. The average Bonchev–Trinajstić information content (AvgIpc) is 2.38. The Balaban J connectivity index is 2.16. The molecule has 0 atom stereocenters. The summed E-state index contributed by atoms with van der Waals surface area (Å²) in [5.41, 5.74) is 8.95. The van der Waals surface area contributed by atoms with Crippen molar-refractivity contribution in [2.75, 3.05) is 5.32 Å². The van der Waals surface area contributed by atoms with E-state index in [0.717, 1.165) is 22.6 Å². The van der Waals surface area contributed by atoms with Crippen molar-refractivity contribution in [2.24, 2.45) is 5.73 Å². The highest BCUT2D eigenvalue weighted by Crippen LogP contribution is 2.21. The van der Waals surface area contributed by atoms with Gasteiger partial charge in [-0.2, -0.15) is 0 Å². The molecule has 0 bridgehead atoms. The van der Waals surface area contributed by atoms with Crippen LogP contribution in [0.4, 0.5) is 5.69 Å². The Labute approximate surface area is 122 Å². The van der Waals surface area contributed by atoms with Crippen LogP contribution in [0.2, 0.25) is 5.02 Å². The molecule has 98 valence electrons. The van der Waals surface area contributed by atoms with E-state index in [9.17, 15) is 0 Å². The summed E-state index contributed by atoms with van der Waals surface area (Å²) >= 11 is 11.0. The molecule has 0 saturated heterocycles. The predicted octanol–water partition coefficient (Wildman–Crippen LogP) is 2.68. The van der Waals surface area contributed by atoms with Crippen molar-refractivity contribution in [3.8, 4) is 0 Å². The summed E-state index contributed by atoms with van der Waals surface area (Å²) < 4.78 is 0. The van der Waals surface area contributed by atoms with E-state index in [1.54, 1.807) is 30.6 Å². The van der Waals surface area contributed by atoms with Crippen LogP contribution in [-0.2, 0) is 6.54 Å². The molecule has 19 heavy (non-hydrogen) atoms. The van der Waals surface area contributed by atoms with Gasteiger partial charge in [-0.1, -0.05) is 23.8 Å². The van der Waals surface area contributed by atoms with Gasteiger partial charge in [-0.3, -0.25) is 9.97 Å². The number of anilines is 1. The normalized spacial score (nSPS) is 10.2. The van der Waals surface area contributed by atoms with Crippen LogP contribution in [0.25, 0.3) is 0 Å². The van der Waals surface area contributed by atoms with Crippen molar-refractivity contribution in [3.63, 3.8) is 0 Å². The molecule has 0 amide bonds. The zero-order valence-corrected chi connectivity index (χ0v) is 11.9. The van der Waals surface area contributed by atoms with E-state index < -0.39 is 0 Å². The molecule has 1 aromatic heterocycles. The molecular weight excluding hydrogens is 280 g/mol. The Hall–Kier alpha value is -1.72. The van der Waals surface area contributed by atoms with Crippen LogP contribution in [0.5, 0.6) is 0 Å². The lowest BCUT2D eigenvalue weighted by atomic mass is 10.1. The van der Waals surface area contributed by atoms with Crippen LogP contribution >= 0.6 is 23.8 Å². The molecule has 1 aromatic carbocycles. The van der Waals surface area contributed by atoms with Crippen LogP contribution in [0, 0.1) is 6.92 Å². The lowest BCUT2D eigenvalue weighted by Crippen LogP contribution is -2.13. The van der Waals surface area contributed by atoms with Crippen LogP contribution in [-0.4, -0.2) is 15.0 Å². The minimum atomic E-state index is 0.328. The third-order valence-corrected chi connectivity index (χ3v) is 3.00. The predicted molar refractivity (Wildman–Crippen MR) is 81.4 cm³/mol. The Kier molecular flexibility index (Phi) is 4.29. The van der Waals surface area contributed by atoms with Crippen LogP contribution in [0.15, 0.2) is 30.6 Å². The van der Waals surface area contributed by atoms with Gasteiger partial charge >= 0.3 is 0 Å². The highest BCUT2D eigenvalue weighted by atomic mass is 35.5. The number of thiocarbonyl (C=S) groups is 1. The summed E-state index contributed by atoms with van der Waals surface area (Å²) in [4.78, 5) is 8.78. The second kappa shape index (κ2) is 5.95. The molecule has 3 N–H and O–H groups in total. The second-order valence-corrected chi connectivity index (χ2v) is 4.93. The quantitative estimate of drug-likeness (QED) is 0.848. The fourth-order valence-corrected chi connectivity index (χ4v) is 1.92. The molecule has 2 rings (SSSR count). The number of aryl methyl sites for hydroxylation is 1. The maximum Gasteiger partial charge on any atom is 0.106 e. The number of nitrogens with one attached hydrogen (secondary N) is 1. The Morgan fingerprint density at radius 3 is 2.79 bits per heavy atom. The molecule has 0 aliphatic carbocycles. The van der Waals surface area contributed by atoms with Gasteiger partial charge in [-0.25, -0.2) is 0 Å². The van der Waals surface area contributed by atoms with Gasteiger partial charge in [0.2, 0.25) is 0 Å². The fourth-order valence-electron chi connectivity index (χ4n) is 1.57. The first-order valence-corrected chi connectivity index (χ1v) is 6.45.